The minimum atomic E-state index is 0.517. The highest BCUT2D eigenvalue weighted by atomic mass is 127. The predicted octanol–water partition coefficient (Wildman–Crippen LogP) is 2.57. The van der Waals surface area contributed by atoms with E-state index in [0.717, 1.165) is 22.6 Å². The van der Waals surface area contributed by atoms with Crippen LogP contribution in [0.1, 0.15) is 16.8 Å². The minimum Gasteiger partial charge on any atom is -0.496 e. The summed E-state index contributed by atoms with van der Waals surface area (Å²) in [6.07, 6.45) is 1.80. The predicted molar refractivity (Wildman–Crippen MR) is 59.1 cm³/mol. The van der Waals surface area contributed by atoms with E-state index < -0.39 is 0 Å². The first-order valence-corrected chi connectivity index (χ1v) is 4.81. The molecule has 1 aromatic rings. The van der Waals surface area contributed by atoms with E-state index in [-0.39, 0.29) is 0 Å². The van der Waals surface area contributed by atoms with Crippen LogP contribution in [0.4, 0.5) is 0 Å². The second-order valence-corrected chi connectivity index (χ2v) is 3.42. The van der Waals surface area contributed by atoms with Gasteiger partial charge in [0.05, 0.1) is 12.8 Å². The number of hydrogen-bond acceptors (Lipinski definition) is 3. The molecule has 0 saturated heterocycles. The zero-order valence-corrected chi connectivity index (χ0v) is 10.1. The third-order valence-electron chi connectivity index (χ3n) is 1.94. The second-order valence-electron chi connectivity index (χ2n) is 2.80. The summed E-state index contributed by atoms with van der Waals surface area (Å²) < 4.78 is 10.3. The first kappa shape index (κ1) is 10.7. The van der Waals surface area contributed by atoms with Crippen molar-refractivity contribution in [2.75, 3.05) is 7.11 Å². The first-order chi connectivity index (χ1) is 6.20. The Bertz CT molecular complexity index is 302. The topological polar surface area (TPSA) is 31.4 Å². The molecular formula is C9H12INO2. The molecule has 0 aliphatic rings. The van der Waals surface area contributed by atoms with E-state index in [9.17, 15) is 0 Å². The summed E-state index contributed by atoms with van der Waals surface area (Å²) in [4.78, 5) is 4.27. The van der Waals surface area contributed by atoms with E-state index in [1.165, 1.54) is 0 Å². The first-order valence-electron chi connectivity index (χ1n) is 3.93. The lowest BCUT2D eigenvalue weighted by atomic mass is 10.1. The number of rotatable bonds is 3. The molecule has 0 aliphatic heterocycles. The van der Waals surface area contributed by atoms with Crippen molar-refractivity contribution >= 4 is 23.0 Å². The fraction of sp³-hybridized carbons (Fsp3) is 0.444. The van der Waals surface area contributed by atoms with E-state index in [2.05, 4.69) is 4.98 Å². The van der Waals surface area contributed by atoms with Gasteiger partial charge in [0.1, 0.15) is 35.4 Å². The SMILES string of the molecule is COc1c(C)cnc(COI)c1C. The summed E-state index contributed by atoms with van der Waals surface area (Å²) in [5, 5.41) is 0. The third-order valence-corrected chi connectivity index (χ3v) is 2.25. The largest absolute Gasteiger partial charge is 0.496 e. The normalized spacial score (nSPS) is 10.2. The van der Waals surface area contributed by atoms with Crippen LogP contribution >= 0.6 is 23.0 Å². The van der Waals surface area contributed by atoms with Gasteiger partial charge in [0.25, 0.3) is 0 Å². The van der Waals surface area contributed by atoms with Crippen molar-refractivity contribution < 1.29 is 7.80 Å². The average molecular weight is 293 g/mol. The molecule has 13 heavy (non-hydrogen) atoms. The van der Waals surface area contributed by atoms with Gasteiger partial charge in [0, 0.05) is 17.3 Å². The maximum absolute atomic E-state index is 5.26. The molecule has 0 radical (unpaired) electrons. The highest BCUT2D eigenvalue weighted by Crippen LogP contribution is 2.24. The molecule has 4 heteroatoms. The molecule has 0 saturated carbocycles. The number of aromatic nitrogens is 1. The van der Waals surface area contributed by atoms with Crippen molar-refractivity contribution in [3.8, 4) is 5.75 Å². The maximum Gasteiger partial charge on any atom is 0.128 e. The van der Waals surface area contributed by atoms with Gasteiger partial charge in [0.2, 0.25) is 0 Å². The standard InChI is InChI=1S/C9H12INO2/c1-6-4-11-8(5-13-10)7(2)9(6)12-3/h4H,5H2,1-3H3. The number of hydrogen-bond donors (Lipinski definition) is 0. The van der Waals surface area contributed by atoms with Gasteiger partial charge < -0.3 is 7.80 Å². The lowest BCUT2D eigenvalue weighted by Crippen LogP contribution is -1.99. The van der Waals surface area contributed by atoms with Crippen LogP contribution in [-0.4, -0.2) is 12.1 Å². The maximum atomic E-state index is 5.26. The quantitative estimate of drug-likeness (QED) is 0.803. The molecule has 0 aromatic carbocycles. The Morgan fingerprint density at radius 1 is 1.46 bits per heavy atom. The molecule has 0 atom stereocenters. The molecule has 0 fully saturated rings. The summed E-state index contributed by atoms with van der Waals surface area (Å²) in [5.74, 6) is 0.901. The van der Waals surface area contributed by atoms with Crippen molar-refractivity contribution in [2.45, 2.75) is 20.5 Å². The van der Waals surface area contributed by atoms with Gasteiger partial charge in [-0.15, -0.1) is 0 Å². The molecule has 0 amide bonds. The van der Waals surface area contributed by atoms with Crippen molar-refractivity contribution in [3.63, 3.8) is 0 Å². The van der Waals surface area contributed by atoms with Gasteiger partial charge in [-0.05, 0) is 13.8 Å². The smallest absolute Gasteiger partial charge is 0.128 e. The number of pyridine rings is 1. The van der Waals surface area contributed by atoms with E-state index in [1.54, 1.807) is 13.3 Å². The minimum absolute atomic E-state index is 0.517. The van der Waals surface area contributed by atoms with Gasteiger partial charge in [-0.1, -0.05) is 0 Å². The molecule has 0 unspecified atom stereocenters. The Kier molecular flexibility index (Phi) is 3.92. The fourth-order valence-corrected chi connectivity index (χ4v) is 1.56. The van der Waals surface area contributed by atoms with E-state index in [1.807, 2.05) is 36.9 Å². The van der Waals surface area contributed by atoms with Crippen LogP contribution in [-0.2, 0) is 9.67 Å². The van der Waals surface area contributed by atoms with Gasteiger partial charge in [-0.2, -0.15) is 0 Å². The van der Waals surface area contributed by atoms with Gasteiger partial charge >= 0.3 is 0 Å². The highest BCUT2D eigenvalue weighted by Gasteiger charge is 2.08. The van der Waals surface area contributed by atoms with Crippen molar-refractivity contribution in [3.05, 3.63) is 23.0 Å². The van der Waals surface area contributed by atoms with Crippen molar-refractivity contribution in [2.24, 2.45) is 0 Å². The second kappa shape index (κ2) is 4.76. The molecule has 0 N–H and O–H groups in total. The molecule has 72 valence electrons. The Hall–Kier alpha value is -0.360. The monoisotopic (exact) mass is 293 g/mol. The Morgan fingerprint density at radius 3 is 2.69 bits per heavy atom. The van der Waals surface area contributed by atoms with Crippen LogP contribution in [0.15, 0.2) is 6.20 Å². The van der Waals surface area contributed by atoms with Gasteiger partial charge in [0.15, 0.2) is 0 Å². The van der Waals surface area contributed by atoms with Crippen molar-refractivity contribution in [1.82, 2.24) is 4.98 Å². The van der Waals surface area contributed by atoms with Crippen molar-refractivity contribution in [1.29, 1.82) is 0 Å². The summed E-state index contributed by atoms with van der Waals surface area (Å²) in [6.45, 7) is 4.49. The Morgan fingerprint density at radius 2 is 2.15 bits per heavy atom. The number of methoxy groups -OCH3 is 1. The molecule has 1 aromatic heterocycles. The zero-order valence-electron chi connectivity index (χ0n) is 7.93. The highest BCUT2D eigenvalue weighted by molar-refractivity contribution is 14.1. The summed E-state index contributed by atoms with van der Waals surface area (Å²) in [6, 6.07) is 0. The van der Waals surface area contributed by atoms with Crippen LogP contribution in [0, 0.1) is 13.8 Å². The number of nitrogens with zero attached hydrogens (tertiary/aromatic N) is 1. The molecular weight excluding hydrogens is 281 g/mol. The molecule has 0 spiro atoms. The van der Waals surface area contributed by atoms with E-state index in [4.69, 9.17) is 7.80 Å². The van der Waals surface area contributed by atoms with E-state index >= 15 is 0 Å². The number of aryl methyl sites for hydroxylation is 1. The lowest BCUT2D eigenvalue weighted by molar-refractivity contribution is 0.391. The molecule has 0 aliphatic carbocycles. The average Bonchev–Trinajstić information content (AvgIpc) is 2.11. The van der Waals surface area contributed by atoms with Gasteiger partial charge in [-0.25, -0.2) is 0 Å². The fourth-order valence-electron chi connectivity index (χ4n) is 1.27. The number of halogens is 1. The van der Waals surface area contributed by atoms with Crippen LogP contribution in [0.25, 0.3) is 0 Å². The Balaban J connectivity index is 3.11. The zero-order chi connectivity index (χ0) is 9.84. The molecule has 3 nitrogen and oxygen atoms in total. The van der Waals surface area contributed by atoms with Crippen LogP contribution in [0.2, 0.25) is 0 Å². The number of ether oxygens (including phenoxy) is 1. The third kappa shape index (κ3) is 2.31. The summed E-state index contributed by atoms with van der Waals surface area (Å²) >= 11 is 1.86. The van der Waals surface area contributed by atoms with Crippen LogP contribution < -0.4 is 4.74 Å². The molecule has 1 rings (SSSR count). The molecule has 0 bridgehead atoms. The van der Waals surface area contributed by atoms with Gasteiger partial charge in [-0.3, -0.25) is 4.98 Å². The lowest BCUT2D eigenvalue weighted by Gasteiger charge is -2.10. The Labute approximate surface area is 92.2 Å². The molecule has 1 heterocycles. The van der Waals surface area contributed by atoms with Crippen LogP contribution in [0.3, 0.4) is 0 Å². The summed E-state index contributed by atoms with van der Waals surface area (Å²) in [7, 11) is 1.67. The van der Waals surface area contributed by atoms with E-state index in [0.29, 0.717) is 6.61 Å². The van der Waals surface area contributed by atoms with Crippen LogP contribution in [0.5, 0.6) is 5.75 Å². The summed E-state index contributed by atoms with van der Waals surface area (Å²) in [5.41, 5.74) is 3.04.